The molecule has 3 aliphatic rings. The van der Waals surface area contributed by atoms with Crippen LogP contribution in [-0.2, 0) is 18.3 Å². The maximum atomic E-state index is 13.2. The second-order valence-electron chi connectivity index (χ2n) is 10.3. The first-order chi connectivity index (χ1) is 15.4. The first-order valence-corrected chi connectivity index (χ1v) is 12.5. The molecule has 1 aliphatic heterocycles. The zero-order valence-corrected chi connectivity index (χ0v) is 19.8. The summed E-state index contributed by atoms with van der Waals surface area (Å²) in [6, 6.07) is 7.93. The molecule has 1 saturated carbocycles. The molecule has 1 aromatic heterocycles. The number of aromatic nitrogens is 1. The van der Waals surface area contributed by atoms with Crippen LogP contribution in [-0.4, -0.2) is 58.5 Å². The minimum absolute atomic E-state index is 0.0125. The maximum absolute atomic E-state index is 13.2. The van der Waals surface area contributed by atoms with Crippen molar-refractivity contribution in [3.8, 4) is 5.75 Å². The molecule has 172 valence electrons. The van der Waals surface area contributed by atoms with Crippen LogP contribution in [0.4, 0.5) is 0 Å². The van der Waals surface area contributed by atoms with Crippen LogP contribution in [0, 0.1) is 18.8 Å². The number of aromatic hydroxyl groups is 1. The SMILES string of the molecule is CCN(CC)C(=O)c1[nH]c2c(c1C)C[C@H]1CN(CC3CC3)CC[C@]1(c1cccc(O)c1)C2. The number of nitrogens with zero attached hydrogens (tertiary/aromatic N) is 2. The third kappa shape index (κ3) is 3.64. The molecule has 1 amide bonds. The molecule has 0 bridgehead atoms. The van der Waals surface area contributed by atoms with Gasteiger partial charge in [-0.3, -0.25) is 4.79 Å². The van der Waals surface area contributed by atoms with Crippen molar-refractivity contribution in [2.45, 2.75) is 58.3 Å². The van der Waals surface area contributed by atoms with Crippen molar-refractivity contribution >= 4 is 5.91 Å². The number of H-pyrrole nitrogens is 1. The van der Waals surface area contributed by atoms with Gasteiger partial charge in [0.15, 0.2) is 0 Å². The van der Waals surface area contributed by atoms with Gasteiger partial charge in [0.05, 0.1) is 0 Å². The van der Waals surface area contributed by atoms with Gasteiger partial charge in [-0.1, -0.05) is 12.1 Å². The van der Waals surface area contributed by atoms with E-state index in [-0.39, 0.29) is 11.3 Å². The molecular weight excluding hydrogens is 398 g/mol. The van der Waals surface area contributed by atoms with Gasteiger partial charge in [0, 0.05) is 37.3 Å². The van der Waals surface area contributed by atoms with Gasteiger partial charge in [-0.25, -0.2) is 0 Å². The van der Waals surface area contributed by atoms with E-state index < -0.39 is 0 Å². The number of hydrogen-bond acceptors (Lipinski definition) is 3. The Balaban J connectivity index is 1.52. The number of nitrogens with one attached hydrogen (secondary N) is 1. The molecular formula is C27H37N3O2. The number of carbonyl (C=O) groups excluding carboxylic acids is 1. The predicted molar refractivity (Wildman–Crippen MR) is 127 cm³/mol. The lowest BCUT2D eigenvalue weighted by atomic mass is 9.58. The zero-order valence-electron chi connectivity index (χ0n) is 19.8. The summed E-state index contributed by atoms with van der Waals surface area (Å²) in [5.74, 6) is 1.86. The number of hydrogen-bond donors (Lipinski definition) is 2. The smallest absolute Gasteiger partial charge is 0.270 e. The molecule has 2 aliphatic carbocycles. The first-order valence-electron chi connectivity index (χ1n) is 12.5. The van der Waals surface area contributed by atoms with Crippen LogP contribution in [0.25, 0.3) is 0 Å². The van der Waals surface area contributed by atoms with Gasteiger partial charge >= 0.3 is 0 Å². The Morgan fingerprint density at radius 2 is 2.06 bits per heavy atom. The number of rotatable bonds is 6. The number of benzene rings is 1. The quantitative estimate of drug-likeness (QED) is 0.712. The van der Waals surface area contributed by atoms with E-state index >= 15 is 0 Å². The highest BCUT2D eigenvalue weighted by atomic mass is 16.3. The minimum Gasteiger partial charge on any atom is -0.508 e. The van der Waals surface area contributed by atoms with E-state index in [1.807, 2.05) is 30.9 Å². The molecule has 1 aromatic carbocycles. The standard InChI is InChI=1S/C27H37N3O2/c1-4-30(5-2)26(32)25-18(3)23-14-21-17-29(16-19-9-10-19)12-11-27(21,15-24(23)28-25)20-7-6-8-22(31)13-20/h6-8,13,19,21,28,31H,4-5,9-12,14-17H2,1-3H3/t21-,27+/m0/s1. The lowest BCUT2D eigenvalue weighted by Crippen LogP contribution is -2.54. The summed E-state index contributed by atoms with van der Waals surface area (Å²) in [6.07, 6.45) is 5.79. The third-order valence-electron chi connectivity index (χ3n) is 8.44. The number of amides is 1. The number of phenols is 1. The van der Waals surface area contributed by atoms with E-state index in [0.717, 1.165) is 62.6 Å². The first kappa shape index (κ1) is 21.6. The average Bonchev–Trinajstić information content (AvgIpc) is 3.55. The molecule has 0 radical (unpaired) electrons. The second kappa shape index (κ2) is 8.26. The van der Waals surface area contributed by atoms with Crippen LogP contribution in [0.15, 0.2) is 24.3 Å². The van der Waals surface area contributed by atoms with Crippen LogP contribution in [0.2, 0.25) is 0 Å². The van der Waals surface area contributed by atoms with Crippen LogP contribution < -0.4 is 0 Å². The van der Waals surface area contributed by atoms with Gasteiger partial charge in [-0.2, -0.15) is 0 Å². The fourth-order valence-electron chi connectivity index (χ4n) is 6.33. The molecule has 1 saturated heterocycles. The Morgan fingerprint density at radius 1 is 1.28 bits per heavy atom. The van der Waals surface area contributed by atoms with E-state index in [1.54, 1.807) is 6.07 Å². The van der Waals surface area contributed by atoms with E-state index in [4.69, 9.17) is 0 Å². The molecule has 2 fully saturated rings. The van der Waals surface area contributed by atoms with Crippen LogP contribution in [0.5, 0.6) is 5.75 Å². The molecule has 5 nitrogen and oxygen atoms in total. The Morgan fingerprint density at radius 3 is 2.75 bits per heavy atom. The number of phenolic OH excluding ortho intramolecular Hbond substituents is 1. The Hall–Kier alpha value is -2.27. The molecule has 32 heavy (non-hydrogen) atoms. The topological polar surface area (TPSA) is 59.6 Å². The van der Waals surface area contributed by atoms with Crippen LogP contribution in [0.1, 0.15) is 66.0 Å². The highest BCUT2D eigenvalue weighted by Crippen LogP contribution is 2.49. The van der Waals surface area contributed by atoms with E-state index in [0.29, 0.717) is 11.7 Å². The summed E-state index contributed by atoms with van der Waals surface area (Å²) < 4.78 is 0. The normalized spacial score (nSPS) is 25.3. The number of carbonyl (C=O) groups is 1. The summed E-state index contributed by atoms with van der Waals surface area (Å²) in [5.41, 5.74) is 5.77. The fraction of sp³-hybridized carbons (Fsp3) is 0.593. The second-order valence-corrected chi connectivity index (χ2v) is 10.3. The van der Waals surface area contributed by atoms with E-state index in [1.165, 1.54) is 36.2 Å². The van der Waals surface area contributed by atoms with Crippen molar-refractivity contribution in [1.29, 1.82) is 0 Å². The molecule has 0 unspecified atom stereocenters. The van der Waals surface area contributed by atoms with Crippen LogP contribution in [0.3, 0.4) is 0 Å². The van der Waals surface area contributed by atoms with Gasteiger partial charge in [0.2, 0.25) is 0 Å². The zero-order chi connectivity index (χ0) is 22.5. The monoisotopic (exact) mass is 435 g/mol. The number of aromatic amines is 1. The van der Waals surface area contributed by atoms with Gasteiger partial charge in [0.25, 0.3) is 5.91 Å². The molecule has 5 heteroatoms. The van der Waals surface area contributed by atoms with Crippen LogP contribution >= 0.6 is 0 Å². The fourth-order valence-corrected chi connectivity index (χ4v) is 6.33. The van der Waals surface area contributed by atoms with Gasteiger partial charge in [-0.05, 0) is 100 Å². The summed E-state index contributed by atoms with van der Waals surface area (Å²) in [4.78, 5) is 21.3. The van der Waals surface area contributed by atoms with Crippen molar-refractivity contribution in [2.24, 2.45) is 11.8 Å². The molecule has 2 aromatic rings. The summed E-state index contributed by atoms with van der Waals surface area (Å²) in [5, 5.41) is 10.3. The summed E-state index contributed by atoms with van der Waals surface area (Å²) in [7, 11) is 0. The highest BCUT2D eigenvalue weighted by Gasteiger charge is 2.49. The minimum atomic E-state index is 0.0125. The molecule has 5 rings (SSSR count). The lowest BCUT2D eigenvalue weighted by Gasteiger charge is -2.51. The van der Waals surface area contributed by atoms with Gasteiger partial charge < -0.3 is 19.9 Å². The molecule has 2 atom stereocenters. The van der Waals surface area contributed by atoms with Crippen molar-refractivity contribution in [1.82, 2.24) is 14.8 Å². The number of fused-ring (bicyclic) bond motifs is 2. The summed E-state index contributed by atoms with van der Waals surface area (Å²) >= 11 is 0. The predicted octanol–water partition coefficient (Wildman–Crippen LogP) is 4.28. The summed E-state index contributed by atoms with van der Waals surface area (Å²) in [6.45, 7) is 11.1. The number of piperidine rings is 1. The molecule has 0 spiro atoms. The number of likely N-dealkylation sites (tertiary alicyclic amines) is 1. The molecule has 2 N–H and O–H groups in total. The van der Waals surface area contributed by atoms with Crippen molar-refractivity contribution in [2.75, 3.05) is 32.7 Å². The average molecular weight is 436 g/mol. The van der Waals surface area contributed by atoms with Crippen molar-refractivity contribution < 1.29 is 9.90 Å². The Kier molecular flexibility index (Phi) is 5.56. The van der Waals surface area contributed by atoms with Crippen molar-refractivity contribution in [3.63, 3.8) is 0 Å². The largest absolute Gasteiger partial charge is 0.508 e. The molecule has 2 heterocycles. The van der Waals surface area contributed by atoms with Gasteiger partial charge in [0.1, 0.15) is 11.4 Å². The van der Waals surface area contributed by atoms with Gasteiger partial charge in [-0.15, -0.1) is 0 Å². The maximum Gasteiger partial charge on any atom is 0.270 e. The Labute approximate surface area is 191 Å². The van der Waals surface area contributed by atoms with Crippen molar-refractivity contribution in [3.05, 3.63) is 52.3 Å². The highest BCUT2D eigenvalue weighted by molar-refractivity contribution is 5.94. The lowest BCUT2D eigenvalue weighted by molar-refractivity contribution is 0.0764. The third-order valence-corrected chi connectivity index (χ3v) is 8.44. The Bertz CT molecular complexity index is 1000. The van der Waals surface area contributed by atoms with E-state index in [2.05, 4.69) is 22.9 Å². The van der Waals surface area contributed by atoms with E-state index in [9.17, 15) is 9.90 Å².